The molecule has 1 aliphatic heterocycles. The number of nitrogens with zero attached hydrogens (tertiary/aromatic N) is 2. The molecule has 2 aromatic rings. The Morgan fingerprint density at radius 3 is 2.62 bits per heavy atom. The van der Waals surface area contributed by atoms with Gasteiger partial charge in [-0.2, -0.15) is 0 Å². The average Bonchev–Trinajstić information content (AvgIpc) is 2.82. The number of hydrogen-bond acceptors (Lipinski definition) is 5. The van der Waals surface area contributed by atoms with Gasteiger partial charge in [0.1, 0.15) is 0 Å². The Labute approximate surface area is 191 Å². The number of aliphatic hydroxyl groups is 1. The Morgan fingerprint density at radius 2 is 1.88 bits per heavy atom. The molecule has 32 heavy (non-hydrogen) atoms. The molecule has 7 heteroatoms. The van der Waals surface area contributed by atoms with Crippen LogP contribution in [0.4, 0.5) is 0 Å². The van der Waals surface area contributed by atoms with E-state index in [2.05, 4.69) is 44.8 Å². The van der Waals surface area contributed by atoms with E-state index in [-0.39, 0.29) is 0 Å². The van der Waals surface area contributed by atoms with E-state index in [1.807, 2.05) is 25.1 Å². The van der Waals surface area contributed by atoms with Crippen LogP contribution in [0.5, 0.6) is 11.5 Å². The fourth-order valence-electron chi connectivity index (χ4n) is 3.97. The Hall–Kier alpha value is -2.77. The third-order valence-electron chi connectivity index (χ3n) is 5.64. The molecule has 0 spiro atoms. The Balaban J connectivity index is 1.47. The summed E-state index contributed by atoms with van der Waals surface area (Å²) < 4.78 is 10.7. The summed E-state index contributed by atoms with van der Waals surface area (Å²) in [5, 5.41) is 17.1. The highest BCUT2D eigenvalue weighted by Gasteiger charge is 2.18. The second-order valence-electron chi connectivity index (χ2n) is 7.99. The van der Waals surface area contributed by atoms with Gasteiger partial charge in [-0.15, -0.1) is 0 Å². The zero-order valence-corrected chi connectivity index (χ0v) is 19.4. The fourth-order valence-corrected chi connectivity index (χ4v) is 3.97. The zero-order valence-electron chi connectivity index (χ0n) is 19.4. The fraction of sp³-hybridized carbons (Fsp3) is 0.480. The van der Waals surface area contributed by atoms with Crippen molar-refractivity contribution >= 4 is 5.96 Å². The summed E-state index contributed by atoms with van der Waals surface area (Å²) in [4.78, 5) is 6.89. The van der Waals surface area contributed by atoms with Gasteiger partial charge in [0.05, 0.1) is 26.9 Å². The van der Waals surface area contributed by atoms with Crippen LogP contribution in [0.15, 0.2) is 47.5 Å². The zero-order chi connectivity index (χ0) is 22.8. The first-order valence-corrected chi connectivity index (χ1v) is 11.3. The number of nitrogens with one attached hydrogen (secondary N) is 2. The van der Waals surface area contributed by atoms with Gasteiger partial charge in [-0.25, -0.2) is 0 Å². The molecule has 0 aromatic heterocycles. The highest BCUT2D eigenvalue weighted by Crippen LogP contribution is 2.27. The van der Waals surface area contributed by atoms with Crippen LogP contribution in [0, 0.1) is 0 Å². The molecule has 0 bridgehead atoms. The Morgan fingerprint density at radius 1 is 1.09 bits per heavy atom. The first kappa shape index (κ1) is 23.9. The van der Waals surface area contributed by atoms with Crippen molar-refractivity contribution in [1.29, 1.82) is 0 Å². The number of fused-ring (bicyclic) bond motifs is 1. The molecule has 0 fully saturated rings. The van der Waals surface area contributed by atoms with E-state index < -0.39 is 6.10 Å². The van der Waals surface area contributed by atoms with Crippen molar-refractivity contribution in [3.63, 3.8) is 0 Å². The summed E-state index contributed by atoms with van der Waals surface area (Å²) in [6, 6.07) is 14.5. The van der Waals surface area contributed by atoms with Gasteiger partial charge in [-0.3, -0.25) is 9.89 Å². The molecule has 7 nitrogen and oxygen atoms in total. The summed E-state index contributed by atoms with van der Waals surface area (Å²) in [6.07, 6.45) is 1.36. The monoisotopic (exact) mass is 440 g/mol. The van der Waals surface area contributed by atoms with E-state index in [0.717, 1.165) is 62.0 Å². The van der Waals surface area contributed by atoms with Gasteiger partial charge < -0.3 is 25.2 Å². The second-order valence-corrected chi connectivity index (χ2v) is 7.99. The number of aliphatic imine (C=N–C) groups is 1. The van der Waals surface area contributed by atoms with Crippen molar-refractivity contribution in [2.45, 2.75) is 32.4 Å². The van der Waals surface area contributed by atoms with E-state index in [0.29, 0.717) is 13.1 Å². The van der Waals surface area contributed by atoms with E-state index in [4.69, 9.17) is 9.47 Å². The summed E-state index contributed by atoms with van der Waals surface area (Å²) in [5.41, 5.74) is 3.93. The molecule has 1 unspecified atom stereocenters. The molecule has 0 saturated carbocycles. The van der Waals surface area contributed by atoms with Gasteiger partial charge in [0.2, 0.25) is 0 Å². The van der Waals surface area contributed by atoms with Gasteiger partial charge in [-0.1, -0.05) is 30.3 Å². The maximum absolute atomic E-state index is 10.5. The van der Waals surface area contributed by atoms with Crippen molar-refractivity contribution in [2.75, 3.05) is 46.9 Å². The minimum absolute atomic E-state index is 0.365. The van der Waals surface area contributed by atoms with Crippen LogP contribution < -0.4 is 20.1 Å². The van der Waals surface area contributed by atoms with Crippen molar-refractivity contribution in [2.24, 2.45) is 4.99 Å². The Kier molecular flexibility index (Phi) is 9.19. The van der Waals surface area contributed by atoms with E-state index in [9.17, 15) is 5.11 Å². The molecule has 0 saturated heterocycles. The first-order chi connectivity index (χ1) is 15.6. The number of β-amino-alcohol motifs (C(OH)–C–C–N with tert-alkyl or cyclic N) is 1. The lowest BCUT2D eigenvalue weighted by Gasteiger charge is -2.30. The molecule has 3 rings (SSSR count). The van der Waals surface area contributed by atoms with Crippen LogP contribution in [-0.2, 0) is 19.4 Å². The smallest absolute Gasteiger partial charge is 0.191 e. The lowest BCUT2D eigenvalue weighted by molar-refractivity contribution is 0.111. The maximum Gasteiger partial charge on any atom is 0.191 e. The lowest BCUT2D eigenvalue weighted by atomic mass is 10.00. The van der Waals surface area contributed by atoms with Crippen molar-refractivity contribution in [3.8, 4) is 11.5 Å². The van der Waals surface area contributed by atoms with Gasteiger partial charge >= 0.3 is 0 Å². The van der Waals surface area contributed by atoms with Crippen LogP contribution in [-0.4, -0.2) is 69.0 Å². The van der Waals surface area contributed by atoms with Crippen LogP contribution in [0.25, 0.3) is 0 Å². The minimum atomic E-state index is -0.499. The summed E-state index contributed by atoms with van der Waals surface area (Å²) in [5.74, 6) is 2.18. The lowest BCUT2D eigenvalue weighted by Crippen LogP contribution is -2.40. The largest absolute Gasteiger partial charge is 0.493 e. The molecule has 0 radical (unpaired) electrons. The molecule has 0 aliphatic carbocycles. The molecule has 1 heterocycles. The van der Waals surface area contributed by atoms with Crippen molar-refractivity contribution in [3.05, 3.63) is 59.2 Å². The molecule has 174 valence electrons. The first-order valence-electron chi connectivity index (χ1n) is 11.3. The highest BCUT2D eigenvalue weighted by molar-refractivity contribution is 5.79. The van der Waals surface area contributed by atoms with Crippen LogP contribution in [0.2, 0.25) is 0 Å². The summed E-state index contributed by atoms with van der Waals surface area (Å²) in [6.45, 7) is 6.38. The third kappa shape index (κ3) is 6.87. The molecule has 3 N–H and O–H groups in total. The molecule has 2 aromatic carbocycles. The van der Waals surface area contributed by atoms with Gasteiger partial charge in [-0.05, 0) is 48.6 Å². The van der Waals surface area contributed by atoms with Gasteiger partial charge in [0, 0.05) is 32.7 Å². The highest BCUT2D eigenvalue weighted by atomic mass is 16.5. The van der Waals surface area contributed by atoms with Crippen molar-refractivity contribution in [1.82, 2.24) is 15.5 Å². The minimum Gasteiger partial charge on any atom is -0.493 e. The molecule has 1 aliphatic rings. The second kappa shape index (κ2) is 12.3. The average molecular weight is 441 g/mol. The molecule has 0 amide bonds. The molecule has 1 atom stereocenters. The molecular formula is C25H36N4O3. The predicted molar refractivity (Wildman–Crippen MR) is 129 cm³/mol. The number of aliphatic hydroxyl groups excluding tert-OH is 1. The quantitative estimate of drug-likeness (QED) is 0.388. The van der Waals surface area contributed by atoms with Gasteiger partial charge in [0.15, 0.2) is 17.5 Å². The predicted octanol–water partition coefficient (Wildman–Crippen LogP) is 2.22. The SMILES string of the molecule is CCNC(=NCC(O)CN1CCc2ccccc2C1)NCCc1ccc(OC)c(OC)c1. The number of hydrogen-bond donors (Lipinski definition) is 3. The van der Waals surface area contributed by atoms with Gasteiger partial charge in [0.25, 0.3) is 0 Å². The van der Waals surface area contributed by atoms with Crippen molar-refractivity contribution < 1.29 is 14.6 Å². The standard InChI is InChI=1S/C25H36N4O3/c1-4-26-25(27-13-11-19-9-10-23(31-2)24(15-19)32-3)28-16-22(30)18-29-14-12-20-7-5-6-8-21(20)17-29/h5-10,15,22,30H,4,11-14,16-18H2,1-3H3,(H2,26,27,28). The van der Waals surface area contributed by atoms with Crippen LogP contribution >= 0.6 is 0 Å². The number of guanidine groups is 1. The Bertz CT molecular complexity index is 887. The summed E-state index contributed by atoms with van der Waals surface area (Å²) in [7, 11) is 3.28. The van der Waals surface area contributed by atoms with E-state index in [1.165, 1.54) is 11.1 Å². The number of methoxy groups -OCH3 is 2. The normalized spacial score (nSPS) is 15.1. The van der Waals surface area contributed by atoms with Crippen LogP contribution in [0.3, 0.4) is 0 Å². The van der Waals surface area contributed by atoms with Crippen LogP contribution in [0.1, 0.15) is 23.6 Å². The topological polar surface area (TPSA) is 78.4 Å². The number of benzene rings is 2. The number of rotatable bonds is 10. The molecular weight excluding hydrogens is 404 g/mol. The summed E-state index contributed by atoms with van der Waals surface area (Å²) >= 11 is 0. The third-order valence-corrected chi connectivity index (χ3v) is 5.64. The number of ether oxygens (including phenoxy) is 2. The van der Waals surface area contributed by atoms with E-state index in [1.54, 1.807) is 14.2 Å². The van der Waals surface area contributed by atoms with E-state index >= 15 is 0 Å². The maximum atomic E-state index is 10.5.